The van der Waals surface area contributed by atoms with E-state index in [1.807, 2.05) is 13.8 Å². The van der Waals surface area contributed by atoms with E-state index in [0.29, 0.717) is 19.4 Å². The molecular weight excluding hydrogens is 276 g/mol. The molecule has 0 radical (unpaired) electrons. The number of carboxylic acids is 1. The fraction of sp³-hybridized carbons (Fsp3) is 0.857. The average Bonchev–Trinajstić information content (AvgIpc) is 2.82. The van der Waals surface area contributed by atoms with Gasteiger partial charge in [-0.1, -0.05) is 20.3 Å². The summed E-state index contributed by atoms with van der Waals surface area (Å²) in [5.74, 6) is 0.991. The van der Waals surface area contributed by atoms with Gasteiger partial charge in [-0.15, -0.1) is 0 Å². The first-order valence-electron chi connectivity index (χ1n) is 7.37. The van der Waals surface area contributed by atoms with Crippen LogP contribution in [0.4, 0.5) is 4.79 Å². The summed E-state index contributed by atoms with van der Waals surface area (Å²) in [7, 11) is 0. The Balaban J connectivity index is 2.72. The second kappa shape index (κ2) is 7.76. The fourth-order valence-electron chi connectivity index (χ4n) is 2.80. The number of carboxylic acid groups (broad SMARTS) is 1. The molecule has 0 bridgehead atoms. The van der Waals surface area contributed by atoms with Crippen LogP contribution in [0.25, 0.3) is 0 Å². The Hall–Kier alpha value is -0.910. The lowest BCUT2D eigenvalue weighted by molar-refractivity contribution is -0.148. The van der Waals surface area contributed by atoms with Crippen molar-refractivity contribution in [1.29, 1.82) is 0 Å². The van der Waals surface area contributed by atoms with E-state index < -0.39 is 11.5 Å². The van der Waals surface area contributed by atoms with E-state index in [1.165, 1.54) is 4.90 Å². The van der Waals surface area contributed by atoms with Crippen LogP contribution in [0.2, 0.25) is 0 Å². The molecule has 2 amide bonds. The molecule has 1 fully saturated rings. The van der Waals surface area contributed by atoms with Crippen molar-refractivity contribution in [2.45, 2.75) is 58.0 Å². The van der Waals surface area contributed by atoms with Gasteiger partial charge in [0.25, 0.3) is 0 Å². The van der Waals surface area contributed by atoms with Gasteiger partial charge in [0.2, 0.25) is 0 Å². The van der Waals surface area contributed by atoms with Crippen molar-refractivity contribution in [3.63, 3.8) is 0 Å². The Morgan fingerprint density at radius 2 is 2.15 bits per heavy atom. The number of nitrogens with one attached hydrogen (secondary N) is 1. The minimum absolute atomic E-state index is 0.0566. The van der Waals surface area contributed by atoms with Gasteiger partial charge >= 0.3 is 12.0 Å². The van der Waals surface area contributed by atoms with Crippen molar-refractivity contribution in [3.05, 3.63) is 0 Å². The molecule has 0 aromatic rings. The first-order valence-corrected chi connectivity index (χ1v) is 8.52. The third kappa shape index (κ3) is 3.81. The summed E-state index contributed by atoms with van der Waals surface area (Å²) in [6, 6.07) is -0.177. The highest BCUT2D eigenvalue weighted by Crippen LogP contribution is 2.34. The number of amides is 2. The van der Waals surface area contributed by atoms with Crippen LogP contribution >= 0.6 is 11.8 Å². The molecule has 1 rings (SSSR count). The number of hydrogen-bond donors (Lipinski definition) is 2. The summed E-state index contributed by atoms with van der Waals surface area (Å²) in [6.07, 6.45) is 2.60. The number of carbonyl (C=O) groups is 2. The molecule has 0 spiro atoms. The van der Waals surface area contributed by atoms with Gasteiger partial charge in [-0.2, -0.15) is 11.8 Å². The van der Waals surface area contributed by atoms with Crippen LogP contribution in [0, 0.1) is 0 Å². The first kappa shape index (κ1) is 17.1. The second-order valence-corrected chi connectivity index (χ2v) is 6.67. The zero-order chi connectivity index (χ0) is 15.2. The Morgan fingerprint density at radius 3 is 2.70 bits per heavy atom. The third-order valence-corrected chi connectivity index (χ3v) is 4.88. The van der Waals surface area contributed by atoms with Crippen molar-refractivity contribution < 1.29 is 14.7 Å². The fourth-order valence-corrected chi connectivity index (χ4v) is 3.47. The minimum Gasteiger partial charge on any atom is -0.479 e. The molecule has 1 saturated heterocycles. The summed E-state index contributed by atoms with van der Waals surface area (Å²) in [5.41, 5.74) is -1.00. The Bertz CT molecular complexity index is 351. The van der Waals surface area contributed by atoms with E-state index in [-0.39, 0.29) is 12.1 Å². The molecule has 1 heterocycles. The maximum absolute atomic E-state index is 12.4. The van der Waals surface area contributed by atoms with E-state index in [4.69, 9.17) is 0 Å². The third-order valence-electron chi connectivity index (χ3n) is 3.74. The number of rotatable bonds is 7. The van der Waals surface area contributed by atoms with Crippen LogP contribution in [0.15, 0.2) is 0 Å². The summed E-state index contributed by atoms with van der Waals surface area (Å²) < 4.78 is 0. The monoisotopic (exact) mass is 302 g/mol. The van der Waals surface area contributed by atoms with Gasteiger partial charge in [0.05, 0.1) is 0 Å². The maximum Gasteiger partial charge on any atom is 0.329 e. The van der Waals surface area contributed by atoms with E-state index in [1.54, 1.807) is 11.8 Å². The Labute approximate surface area is 125 Å². The van der Waals surface area contributed by atoms with E-state index in [0.717, 1.165) is 24.3 Å². The van der Waals surface area contributed by atoms with E-state index in [9.17, 15) is 14.7 Å². The van der Waals surface area contributed by atoms with Crippen molar-refractivity contribution in [3.8, 4) is 0 Å². The maximum atomic E-state index is 12.4. The zero-order valence-corrected chi connectivity index (χ0v) is 13.5. The van der Waals surface area contributed by atoms with Gasteiger partial charge in [0.1, 0.15) is 5.54 Å². The van der Waals surface area contributed by atoms with Crippen molar-refractivity contribution in [2.24, 2.45) is 0 Å². The number of thioether (sulfide) groups is 1. The number of aliphatic carboxylic acids is 1. The molecule has 6 heteroatoms. The van der Waals surface area contributed by atoms with Crippen LogP contribution in [0.5, 0.6) is 0 Å². The summed E-state index contributed by atoms with van der Waals surface area (Å²) in [4.78, 5) is 25.6. The average molecular weight is 302 g/mol. The largest absolute Gasteiger partial charge is 0.479 e. The predicted octanol–water partition coefficient (Wildman–Crippen LogP) is 2.56. The highest BCUT2D eigenvalue weighted by molar-refractivity contribution is 7.99. The molecule has 0 aromatic carbocycles. The van der Waals surface area contributed by atoms with Gasteiger partial charge in [0, 0.05) is 18.3 Å². The van der Waals surface area contributed by atoms with E-state index >= 15 is 0 Å². The summed E-state index contributed by atoms with van der Waals surface area (Å²) >= 11 is 1.77. The van der Waals surface area contributed by atoms with Gasteiger partial charge in [0.15, 0.2) is 0 Å². The molecule has 2 N–H and O–H groups in total. The number of likely N-dealkylation sites (tertiary alicyclic amines) is 1. The SMILES string of the molecule is CCCC1(C(=O)O)CCCN1C(=O)NC(C)CSCC. The van der Waals surface area contributed by atoms with Gasteiger partial charge < -0.3 is 15.3 Å². The molecule has 0 saturated carbocycles. The quantitative estimate of drug-likeness (QED) is 0.758. The topological polar surface area (TPSA) is 69.6 Å². The van der Waals surface area contributed by atoms with Crippen molar-refractivity contribution in [1.82, 2.24) is 10.2 Å². The van der Waals surface area contributed by atoms with Crippen LogP contribution in [0.1, 0.15) is 46.5 Å². The van der Waals surface area contributed by atoms with Gasteiger partial charge in [-0.25, -0.2) is 9.59 Å². The molecule has 0 aromatic heterocycles. The van der Waals surface area contributed by atoms with Gasteiger partial charge in [-0.05, 0) is 31.9 Å². The molecule has 5 nitrogen and oxygen atoms in total. The highest BCUT2D eigenvalue weighted by Gasteiger charge is 2.49. The van der Waals surface area contributed by atoms with Crippen LogP contribution in [-0.2, 0) is 4.79 Å². The molecule has 20 heavy (non-hydrogen) atoms. The molecule has 0 aliphatic carbocycles. The standard InChI is InChI=1S/C14H26N2O3S/c1-4-7-14(12(17)18)8-6-9-16(14)13(19)15-11(3)10-20-5-2/h11H,4-10H2,1-3H3,(H,15,19)(H,17,18). The number of hydrogen-bond acceptors (Lipinski definition) is 3. The van der Waals surface area contributed by atoms with Crippen molar-refractivity contribution >= 4 is 23.8 Å². The van der Waals surface area contributed by atoms with Crippen LogP contribution < -0.4 is 5.32 Å². The number of carbonyl (C=O) groups excluding carboxylic acids is 1. The molecular formula is C14H26N2O3S. The smallest absolute Gasteiger partial charge is 0.329 e. The minimum atomic E-state index is -1.00. The molecule has 2 atom stereocenters. The lowest BCUT2D eigenvalue weighted by atomic mass is 9.91. The lowest BCUT2D eigenvalue weighted by Crippen LogP contribution is -2.57. The number of nitrogens with zero attached hydrogens (tertiary/aromatic N) is 1. The number of urea groups is 1. The Morgan fingerprint density at radius 1 is 1.45 bits per heavy atom. The Kier molecular flexibility index (Phi) is 6.65. The second-order valence-electron chi connectivity index (χ2n) is 5.35. The zero-order valence-electron chi connectivity index (χ0n) is 12.6. The summed E-state index contributed by atoms with van der Waals surface area (Å²) in [5, 5.41) is 12.5. The molecule has 1 aliphatic rings. The summed E-state index contributed by atoms with van der Waals surface area (Å²) in [6.45, 7) is 6.53. The molecule has 116 valence electrons. The first-order chi connectivity index (χ1) is 9.47. The normalized spacial score (nSPS) is 23.6. The molecule has 2 unspecified atom stereocenters. The highest BCUT2D eigenvalue weighted by atomic mass is 32.2. The molecule has 1 aliphatic heterocycles. The van der Waals surface area contributed by atoms with E-state index in [2.05, 4.69) is 12.2 Å². The predicted molar refractivity (Wildman–Crippen MR) is 82.2 cm³/mol. The van der Waals surface area contributed by atoms with Crippen LogP contribution in [0.3, 0.4) is 0 Å². The lowest BCUT2D eigenvalue weighted by Gasteiger charge is -2.35. The van der Waals surface area contributed by atoms with Crippen LogP contribution in [-0.4, -0.2) is 51.6 Å². The van der Waals surface area contributed by atoms with Gasteiger partial charge in [-0.3, -0.25) is 0 Å². The van der Waals surface area contributed by atoms with Crippen molar-refractivity contribution in [2.75, 3.05) is 18.1 Å².